The number of rotatable bonds is 8. The van der Waals surface area contributed by atoms with E-state index in [1.54, 1.807) is 19.1 Å². The number of nitrogens with zero attached hydrogens (tertiary/aromatic N) is 3. The number of ether oxygens (including phenoxy) is 1. The van der Waals surface area contributed by atoms with Gasteiger partial charge in [0.2, 0.25) is 11.9 Å². The first kappa shape index (κ1) is 19.8. The lowest BCUT2D eigenvalue weighted by atomic mass is 10.3. The van der Waals surface area contributed by atoms with Crippen LogP contribution < -0.4 is 16.0 Å². The van der Waals surface area contributed by atoms with Crippen LogP contribution in [0, 0.1) is 0 Å². The number of nitrogens with one attached hydrogen (secondary N) is 3. The van der Waals surface area contributed by atoms with Crippen molar-refractivity contribution >= 4 is 35.4 Å². The molecule has 1 amide bonds. The zero-order valence-electron chi connectivity index (χ0n) is 15.3. The summed E-state index contributed by atoms with van der Waals surface area (Å²) in [5.74, 6) is 0.948. The van der Waals surface area contributed by atoms with E-state index in [1.165, 1.54) is 11.8 Å². The number of aromatic nitrogens is 3. The molecule has 0 aliphatic heterocycles. The smallest absolute Gasteiger partial charge is 0.411 e. The monoisotopic (exact) mass is 376 g/mol. The normalized spacial score (nSPS) is 11.7. The van der Waals surface area contributed by atoms with E-state index in [-0.39, 0.29) is 12.1 Å². The van der Waals surface area contributed by atoms with Gasteiger partial charge in [0, 0.05) is 11.7 Å². The van der Waals surface area contributed by atoms with Gasteiger partial charge in [-0.2, -0.15) is 15.0 Å². The molecule has 140 valence electrons. The number of hydrogen-bond donors (Lipinski definition) is 3. The van der Waals surface area contributed by atoms with Crippen LogP contribution in [0.3, 0.4) is 0 Å². The highest BCUT2D eigenvalue weighted by Gasteiger charge is 2.12. The van der Waals surface area contributed by atoms with Crippen LogP contribution in [0.1, 0.15) is 20.8 Å². The molecule has 1 heterocycles. The molecule has 1 unspecified atom stereocenters. The number of hydrogen-bond acceptors (Lipinski definition) is 8. The minimum atomic E-state index is -0.506. The van der Waals surface area contributed by atoms with Crippen molar-refractivity contribution in [1.29, 1.82) is 0 Å². The molecule has 2 aromatic rings. The second kappa shape index (κ2) is 9.81. The van der Waals surface area contributed by atoms with Gasteiger partial charge >= 0.3 is 6.09 Å². The van der Waals surface area contributed by atoms with E-state index in [4.69, 9.17) is 4.74 Å². The third-order valence-corrected chi connectivity index (χ3v) is 3.64. The Bertz CT molecular complexity index is 714. The van der Waals surface area contributed by atoms with Crippen molar-refractivity contribution in [3.8, 4) is 0 Å². The van der Waals surface area contributed by atoms with Gasteiger partial charge in [-0.15, -0.1) is 0 Å². The Morgan fingerprint density at radius 2 is 1.81 bits per heavy atom. The zero-order chi connectivity index (χ0) is 18.9. The molecule has 0 aliphatic carbocycles. The zero-order valence-corrected chi connectivity index (χ0v) is 16.1. The predicted octanol–water partition coefficient (Wildman–Crippen LogP) is 3.46. The van der Waals surface area contributed by atoms with Crippen molar-refractivity contribution in [1.82, 2.24) is 15.0 Å². The lowest BCUT2D eigenvalue weighted by molar-refractivity contribution is 0.126. The van der Waals surface area contributed by atoms with Crippen LogP contribution in [0.4, 0.5) is 22.4 Å². The standard InChI is InChI=1S/C17H24N6O2S/c1-11(2)19-15-21-14(22-16(23-15)26-4)18-10-12(3)25-17(24)20-13-8-6-5-7-9-13/h5-9,11-12H,10H2,1-4H3,(H,20,24)(H2,18,19,21,22,23). The number of thioether (sulfide) groups is 1. The molecular weight excluding hydrogens is 352 g/mol. The number of para-hydroxylation sites is 1. The van der Waals surface area contributed by atoms with E-state index in [2.05, 4.69) is 30.9 Å². The van der Waals surface area contributed by atoms with Gasteiger partial charge in [0.25, 0.3) is 0 Å². The Balaban J connectivity index is 1.87. The number of carbonyl (C=O) groups is 1. The molecule has 0 spiro atoms. The lowest BCUT2D eigenvalue weighted by Crippen LogP contribution is -2.27. The van der Waals surface area contributed by atoms with Crippen molar-refractivity contribution in [2.75, 3.05) is 28.8 Å². The highest BCUT2D eigenvalue weighted by molar-refractivity contribution is 7.98. The summed E-state index contributed by atoms with van der Waals surface area (Å²) in [5.41, 5.74) is 0.684. The number of carbonyl (C=O) groups excluding carboxylic acids is 1. The number of amides is 1. The summed E-state index contributed by atoms with van der Waals surface area (Å²) in [6, 6.07) is 9.36. The average molecular weight is 376 g/mol. The Hall–Kier alpha value is -2.55. The highest BCUT2D eigenvalue weighted by atomic mass is 32.2. The molecule has 0 saturated carbocycles. The first-order valence-corrected chi connectivity index (χ1v) is 9.52. The highest BCUT2D eigenvalue weighted by Crippen LogP contribution is 2.14. The second-order valence-electron chi connectivity index (χ2n) is 5.86. The van der Waals surface area contributed by atoms with E-state index in [0.29, 0.717) is 29.3 Å². The second-order valence-corrected chi connectivity index (χ2v) is 6.63. The fraction of sp³-hybridized carbons (Fsp3) is 0.412. The fourth-order valence-electron chi connectivity index (χ4n) is 1.98. The average Bonchev–Trinajstić information content (AvgIpc) is 2.60. The van der Waals surface area contributed by atoms with Crippen molar-refractivity contribution < 1.29 is 9.53 Å². The Morgan fingerprint density at radius 1 is 1.12 bits per heavy atom. The van der Waals surface area contributed by atoms with Crippen LogP contribution in [0.25, 0.3) is 0 Å². The fourth-order valence-corrected chi connectivity index (χ4v) is 2.33. The van der Waals surface area contributed by atoms with E-state index >= 15 is 0 Å². The molecule has 0 saturated heterocycles. The van der Waals surface area contributed by atoms with E-state index in [1.807, 2.05) is 38.3 Å². The van der Waals surface area contributed by atoms with Gasteiger partial charge in [0.05, 0.1) is 6.54 Å². The Labute approximate surface area is 157 Å². The molecule has 3 N–H and O–H groups in total. The van der Waals surface area contributed by atoms with Crippen molar-refractivity contribution in [3.05, 3.63) is 30.3 Å². The van der Waals surface area contributed by atoms with Crippen LogP contribution in [0.5, 0.6) is 0 Å². The van der Waals surface area contributed by atoms with Crippen LogP contribution >= 0.6 is 11.8 Å². The SMILES string of the molecule is CSc1nc(NCC(C)OC(=O)Nc2ccccc2)nc(NC(C)C)n1. The van der Waals surface area contributed by atoms with Gasteiger partial charge in [0.15, 0.2) is 5.16 Å². The summed E-state index contributed by atoms with van der Waals surface area (Å²) in [6.07, 6.45) is 1.03. The third-order valence-electron chi connectivity index (χ3n) is 3.09. The van der Waals surface area contributed by atoms with E-state index in [9.17, 15) is 4.79 Å². The molecule has 2 rings (SSSR count). The topological polar surface area (TPSA) is 101 Å². The molecular formula is C17H24N6O2S. The van der Waals surface area contributed by atoms with Crippen LogP contribution in [-0.4, -0.2) is 46.0 Å². The van der Waals surface area contributed by atoms with Gasteiger partial charge in [-0.3, -0.25) is 5.32 Å². The summed E-state index contributed by atoms with van der Waals surface area (Å²) < 4.78 is 5.32. The molecule has 1 aromatic carbocycles. The molecule has 0 radical (unpaired) electrons. The van der Waals surface area contributed by atoms with E-state index in [0.717, 1.165) is 0 Å². The maximum absolute atomic E-state index is 11.9. The minimum Gasteiger partial charge on any atom is -0.444 e. The van der Waals surface area contributed by atoms with Gasteiger partial charge in [-0.05, 0) is 39.2 Å². The lowest BCUT2D eigenvalue weighted by Gasteiger charge is -2.15. The summed E-state index contributed by atoms with van der Waals surface area (Å²) >= 11 is 1.43. The largest absolute Gasteiger partial charge is 0.444 e. The number of benzene rings is 1. The van der Waals surface area contributed by atoms with Crippen molar-refractivity contribution in [2.24, 2.45) is 0 Å². The van der Waals surface area contributed by atoms with Gasteiger partial charge in [-0.1, -0.05) is 30.0 Å². The maximum Gasteiger partial charge on any atom is 0.411 e. The molecule has 1 aromatic heterocycles. The van der Waals surface area contributed by atoms with Crippen molar-refractivity contribution in [2.45, 2.75) is 38.1 Å². The predicted molar refractivity (Wildman–Crippen MR) is 105 cm³/mol. The van der Waals surface area contributed by atoms with Gasteiger partial charge < -0.3 is 15.4 Å². The van der Waals surface area contributed by atoms with Gasteiger partial charge in [-0.25, -0.2) is 4.79 Å². The van der Waals surface area contributed by atoms with E-state index < -0.39 is 6.09 Å². The van der Waals surface area contributed by atoms with Gasteiger partial charge in [0.1, 0.15) is 6.10 Å². The molecule has 8 nitrogen and oxygen atoms in total. The first-order valence-electron chi connectivity index (χ1n) is 8.29. The summed E-state index contributed by atoms with van der Waals surface area (Å²) in [6.45, 7) is 6.19. The maximum atomic E-state index is 11.9. The summed E-state index contributed by atoms with van der Waals surface area (Å²) in [4.78, 5) is 24.8. The summed E-state index contributed by atoms with van der Waals surface area (Å²) in [7, 11) is 0. The molecule has 0 fully saturated rings. The first-order chi connectivity index (χ1) is 12.5. The molecule has 0 bridgehead atoms. The van der Waals surface area contributed by atoms with Crippen LogP contribution in [0.15, 0.2) is 35.5 Å². The minimum absolute atomic E-state index is 0.212. The Morgan fingerprint density at radius 3 is 2.46 bits per heavy atom. The quantitative estimate of drug-likeness (QED) is 0.602. The molecule has 9 heteroatoms. The van der Waals surface area contributed by atoms with Crippen LogP contribution in [0.2, 0.25) is 0 Å². The summed E-state index contributed by atoms with van der Waals surface area (Å²) in [5, 5.41) is 9.53. The molecule has 0 aliphatic rings. The third kappa shape index (κ3) is 6.75. The number of anilines is 3. The Kier molecular flexibility index (Phi) is 7.46. The van der Waals surface area contributed by atoms with Crippen molar-refractivity contribution in [3.63, 3.8) is 0 Å². The molecule has 26 heavy (non-hydrogen) atoms. The van der Waals surface area contributed by atoms with Crippen LogP contribution in [-0.2, 0) is 4.74 Å². The molecule has 1 atom stereocenters.